The van der Waals surface area contributed by atoms with Crippen molar-refractivity contribution in [3.8, 4) is 0 Å². The van der Waals surface area contributed by atoms with Crippen LogP contribution in [0.4, 0.5) is 4.39 Å². The smallest absolute Gasteiger partial charge is 0.311 e. The fraction of sp³-hybridized carbons (Fsp3) is 0.308. The normalized spacial score (nSPS) is 13.3. The number of carboxylic acid groups (broad SMARTS) is 2. The lowest BCUT2D eigenvalue weighted by atomic mass is 9.86. The Hall–Kier alpha value is -2.44. The van der Waals surface area contributed by atoms with E-state index in [1.807, 2.05) is 0 Å². The lowest BCUT2D eigenvalue weighted by molar-refractivity contribution is -0.154. The highest BCUT2D eigenvalue weighted by molar-refractivity contribution is 5.95. The summed E-state index contributed by atoms with van der Waals surface area (Å²) in [5.41, 5.74) is -1.89. The van der Waals surface area contributed by atoms with E-state index in [0.29, 0.717) is 0 Å². The zero-order valence-corrected chi connectivity index (χ0v) is 10.7. The fourth-order valence-corrected chi connectivity index (χ4v) is 1.56. The molecule has 1 unspecified atom stereocenters. The molecule has 0 aromatic heterocycles. The summed E-state index contributed by atoms with van der Waals surface area (Å²) in [6.45, 7) is 0.785. The maximum atomic E-state index is 13.4. The Kier molecular flexibility index (Phi) is 4.79. The highest BCUT2D eigenvalue weighted by Crippen LogP contribution is 2.21. The largest absolute Gasteiger partial charge is 0.481 e. The van der Waals surface area contributed by atoms with Crippen molar-refractivity contribution in [2.24, 2.45) is 5.41 Å². The van der Waals surface area contributed by atoms with Crippen molar-refractivity contribution < 1.29 is 29.0 Å². The predicted octanol–water partition coefficient (Wildman–Crippen LogP) is 1.12. The molecule has 0 heterocycles. The molecule has 0 aliphatic carbocycles. The van der Waals surface area contributed by atoms with Gasteiger partial charge in [-0.05, 0) is 19.1 Å². The number of hydrogen-bond donors (Lipinski definition) is 3. The first-order chi connectivity index (χ1) is 9.26. The van der Waals surface area contributed by atoms with Gasteiger partial charge >= 0.3 is 11.9 Å². The van der Waals surface area contributed by atoms with Crippen LogP contribution in [0.15, 0.2) is 24.3 Å². The van der Waals surface area contributed by atoms with Crippen LogP contribution < -0.4 is 5.32 Å². The Morgan fingerprint density at radius 2 is 1.85 bits per heavy atom. The Morgan fingerprint density at radius 1 is 1.25 bits per heavy atom. The van der Waals surface area contributed by atoms with Gasteiger partial charge in [-0.25, -0.2) is 4.39 Å². The second-order valence-corrected chi connectivity index (χ2v) is 4.60. The molecule has 0 saturated carbocycles. The molecule has 1 aromatic rings. The molecular weight excluding hydrogens is 269 g/mol. The van der Waals surface area contributed by atoms with Gasteiger partial charge in [0.05, 0.1) is 17.4 Å². The van der Waals surface area contributed by atoms with Crippen LogP contribution in [0.1, 0.15) is 23.7 Å². The molecule has 0 bridgehead atoms. The van der Waals surface area contributed by atoms with Crippen LogP contribution in [0.5, 0.6) is 0 Å². The van der Waals surface area contributed by atoms with Gasteiger partial charge in [0.1, 0.15) is 5.82 Å². The molecule has 1 amide bonds. The molecule has 1 atom stereocenters. The minimum atomic E-state index is -1.66. The third kappa shape index (κ3) is 3.78. The molecule has 6 nitrogen and oxygen atoms in total. The van der Waals surface area contributed by atoms with E-state index < -0.39 is 42.0 Å². The van der Waals surface area contributed by atoms with E-state index in [1.165, 1.54) is 25.1 Å². The molecule has 0 radical (unpaired) electrons. The summed E-state index contributed by atoms with van der Waals surface area (Å²) in [4.78, 5) is 33.5. The minimum Gasteiger partial charge on any atom is -0.481 e. The van der Waals surface area contributed by atoms with Gasteiger partial charge in [-0.2, -0.15) is 0 Å². The first kappa shape index (κ1) is 15.6. The standard InChI is InChI=1S/C13H14FNO5/c1-13(12(19)20,6-10(16)17)7-15-11(18)8-4-2-3-5-9(8)14/h2-5H,6-7H2,1H3,(H,15,18)(H,16,17)(H,19,20). The first-order valence-corrected chi connectivity index (χ1v) is 5.74. The van der Waals surface area contributed by atoms with Crippen LogP contribution in [0.2, 0.25) is 0 Å². The van der Waals surface area contributed by atoms with Crippen molar-refractivity contribution in [3.05, 3.63) is 35.6 Å². The van der Waals surface area contributed by atoms with Crippen LogP contribution in [0.25, 0.3) is 0 Å². The Morgan fingerprint density at radius 3 is 2.35 bits per heavy atom. The fourth-order valence-electron chi connectivity index (χ4n) is 1.56. The number of rotatable bonds is 6. The molecule has 0 fully saturated rings. The SMILES string of the molecule is CC(CNC(=O)c1ccccc1F)(CC(=O)O)C(=O)O. The van der Waals surface area contributed by atoms with Crippen molar-refractivity contribution in [2.75, 3.05) is 6.54 Å². The first-order valence-electron chi connectivity index (χ1n) is 5.74. The zero-order valence-electron chi connectivity index (χ0n) is 10.7. The molecule has 0 saturated heterocycles. The van der Waals surface area contributed by atoms with Crippen LogP contribution in [0, 0.1) is 11.2 Å². The number of carbonyl (C=O) groups is 3. The van der Waals surface area contributed by atoms with E-state index in [9.17, 15) is 18.8 Å². The zero-order chi connectivity index (χ0) is 15.3. The average molecular weight is 283 g/mol. The van der Waals surface area contributed by atoms with E-state index in [-0.39, 0.29) is 5.56 Å². The molecule has 7 heteroatoms. The summed E-state index contributed by atoms with van der Waals surface area (Å²) in [5.74, 6) is -4.18. The van der Waals surface area contributed by atoms with Gasteiger partial charge in [0.25, 0.3) is 5.91 Å². The van der Waals surface area contributed by atoms with Crippen molar-refractivity contribution in [2.45, 2.75) is 13.3 Å². The topological polar surface area (TPSA) is 104 Å². The number of nitrogens with one attached hydrogen (secondary N) is 1. The summed E-state index contributed by atoms with van der Waals surface area (Å²) in [6.07, 6.45) is -0.653. The molecule has 3 N–H and O–H groups in total. The highest BCUT2D eigenvalue weighted by atomic mass is 19.1. The third-order valence-corrected chi connectivity index (χ3v) is 2.82. The number of aliphatic carboxylic acids is 2. The average Bonchev–Trinajstić information content (AvgIpc) is 2.35. The maximum absolute atomic E-state index is 13.4. The number of hydrogen-bond acceptors (Lipinski definition) is 3. The van der Waals surface area contributed by atoms with Gasteiger partial charge in [-0.15, -0.1) is 0 Å². The van der Waals surface area contributed by atoms with Crippen LogP contribution in [0.3, 0.4) is 0 Å². The maximum Gasteiger partial charge on any atom is 0.311 e. The lowest BCUT2D eigenvalue weighted by Gasteiger charge is -2.23. The van der Waals surface area contributed by atoms with Crippen LogP contribution in [-0.2, 0) is 9.59 Å². The molecule has 0 spiro atoms. The molecule has 1 rings (SSSR count). The summed E-state index contributed by atoms with van der Waals surface area (Å²) >= 11 is 0. The Balaban J connectivity index is 2.78. The van der Waals surface area contributed by atoms with Crippen LogP contribution in [-0.4, -0.2) is 34.6 Å². The third-order valence-electron chi connectivity index (χ3n) is 2.82. The summed E-state index contributed by atoms with van der Waals surface area (Å²) < 4.78 is 13.4. The molecule has 1 aromatic carbocycles. The van der Waals surface area contributed by atoms with Gasteiger partial charge in [-0.3, -0.25) is 14.4 Å². The second-order valence-electron chi connectivity index (χ2n) is 4.60. The van der Waals surface area contributed by atoms with Crippen molar-refractivity contribution in [1.82, 2.24) is 5.32 Å². The van der Waals surface area contributed by atoms with Gasteiger partial charge < -0.3 is 15.5 Å². The summed E-state index contributed by atoms with van der Waals surface area (Å²) in [7, 11) is 0. The number of benzene rings is 1. The molecular formula is C13H14FNO5. The summed E-state index contributed by atoms with van der Waals surface area (Å²) in [6, 6.07) is 5.23. The molecule has 0 aliphatic heterocycles. The quantitative estimate of drug-likeness (QED) is 0.725. The minimum absolute atomic E-state index is 0.226. The van der Waals surface area contributed by atoms with Crippen molar-refractivity contribution in [3.63, 3.8) is 0 Å². The van der Waals surface area contributed by atoms with Gasteiger partial charge in [0, 0.05) is 6.54 Å². The van der Waals surface area contributed by atoms with Gasteiger partial charge in [0.15, 0.2) is 0 Å². The number of carboxylic acids is 2. The number of halogens is 1. The van der Waals surface area contributed by atoms with Gasteiger partial charge in [-0.1, -0.05) is 12.1 Å². The summed E-state index contributed by atoms with van der Waals surface area (Å²) in [5, 5.41) is 20.0. The van der Waals surface area contributed by atoms with E-state index >= 15 is 0 Å². The highest BCUT2D eigenvalue weighted by Gasteiger charge is 2.36. The van der Waals surface area contributed by atoms with Crippen molar-refractivity contribution in [1.29, 1.82) is 0 Å². The lowest BCUT2D eigenvalue weighted by Crippen LogP contribution is -2.42. The number of carbonyl (C=O) groups excluding carboxylic acids is 1. The number of amides is 1. The molecule has 20 heavy (non-hydrogen) atoms. The molecule has 108 valence electrons. The monoisotopic (exact) mass is 283 g/mol. The van der Waals surface area contributed by atoms with E-state index in [0.717, 1.165) is 6.07 Å². The van der Waals surface area contributed by atoms with E-state index in [4.69, 9.17) is 10.2 Å². The second kappa shape index (κ2) is 6.14. The molecule has 0 aliphatic rings. The van der Waals surface area contributed by atoms with Gasteiger partial charge in [0.2, 0.25) is 0 Å². The Bertz CT molecular complexity index is 545. The van der Waals surface area contributed by atoms with Crippen molar-refractivity contribution >= 4 is 17.8 Å². The van der Waals surface area contributed by atoms with Crippen LogP contribution >= 0.6 is 0 Å². The predicted molar refractivity (Wildman–Crippen MR) is 66.7 cm³/mol. The van der Waals surface area contributed by atoms with E-state index in [1.54, 1.807) is 0 Å². The van der Waals surface area contributed by atoms with E-state index in [2.05, 4.69) is 5.32 Å². The Labute approximate surface area is 114 Å².